The Morgan fingerprint density at radius 1 is 1.17 bits per heavy atom. The quantitative estimate of drug-likeness (QED) is 0.781. The molecule has 1 saturated carbocycles. The zero-order chi connectivity index (χ0) is 16.8. The van der Waals surface area contributed by atoms with Crippen LogP contribution < -0.4 is 10.6 Å². The van der Waals surface area contributed by atoms with E-state index in [1.165, 1.54) is 11.1 Å². The predicted molar refractivity (Wildman–Crippen MR) is 89.5 cm³/mol. The van der Waals surface area contributed by atoms with Gasteiger partial charge in [0, 0.05) is 12.6 Å². The number of amides is 2. The molecule has 5 nitrogen and oxygen atoms in total. The van der Waals surface area contributed by atoms with Crippen molar-refractivity contribution in [2.45, 2.75) is 51.5 Å². The Morgan fingerprint density at radius 2 is 1.78 bits per heavy atom. The van der Waals surface area contributed by atoms with Crippen LogP contribution in [0, 0.1) is 12.8 Å². The Kier molecular flexibility index (Phi) is 6.02. The largest absolute Gasteiger partial charge is 0.481 e. The molecule has 0 aliphatic heterocycles. The van der Waals surface area contributed by atoms with Gasteiger partial charge >= 0.3 is 12.0 Å². The molecule has 0 saturated heterocycles. The van der Waals surface area contributed by atoms with Gasteiger partial charge in [0.15, 0.2) is 0 Å². The Balaban J connectivity index is 1.71. The third kappa shape index (κ3) is 5.27. The molecule has 5 heteroatoms. The molecular weight excluding hydrogens is 292 g/mol. The molecule has 0 spiro atoms. The van der Waals surface area contributed by atoms with Gasteiger partial charge in [-0.25, -0.2) is 4.79 Å². The summed E-state index contributed by atoms with van der Waals surface area (Å²) in [7, 11) is 0. The van der Waals surface area contributed by atoms with Gasteiger partial charge in [0.2, 0.25) is 0 Å². The highest BCUT2D eigenvalue weighted by Crippen LogP contribution is 2.24. The van der Waals surface area contributed by atoms with Crippen LogP contribution in [-0.4, -0.2) is 29.7 Å². The monoisotopic (exact) mass is 318 g/mol. The number of carbonyl (C=O) groups excluding carboxylic acids is 1. The number of carboxylic acid groups (broad SMARTS) is 1. The number of hydrogen-bond acceptors (Lipinski definition) is 2. The smallest absolute Gasteiger partial charge is 0.315 e. The summed E-state index contributed by atoms with van der Waals surface area (Å²) in [6, 6.07) is 8.25. The number of aliphatic carboxylic acids is 1. The van der Waals surface area contributed by atoms with Gasteiger partial charge in [0.05, 0.1) is 5.92 Å². The normalized spacial score (nSPS) is 22.2. The van der Waals surface area contributed by atoms with Crippen molar-refractivity contribution < 1.29 is 14.7 Å². The highest BCUT2D eigenvalue weighted by Gasteiger charge is 2.26. The van der Waals surface area contributed by atoms with Crippen LogP contribution in [0.25, 0.3) is 0 Å². The average molecular weight is 318 g/mol. The van der Waals surface area contributed by atoms with E-state index in [1.807, 2.05) is 0 Å². The number of rotatable bonds is 5. The van der Waals surface area contributed by atoms with Crippen molar-refractivity contribution in [2.24, 2.45) is 5.92 Å². The second kappa shape index (κ2) is 7.99. The fraction of sp³-hybridized carbons (Fsp3) is 0.556. The molecular formula is C18H26N2O3. The maximum atomic E-state index is 12.0. The van der Waals surface area contributed by atoms with Gasteiger partial charge in [-0.2, -0.15) is 0 Å². The van der Waals surface area contributed by atoms with Gasteiger partial charge in [-0.1, -0.05) is 36.8 Å². The van der Waals surface area contributed by atoms with Crippen molar-refractivity contribution in [3.63, 3.8) is 0 Å². The molecule has 1 aliphatic rings. The molecule has 3 N–H and O–H groups in total. The first-order valence-electron chi connectivity index (χ1n) is 8.29. The maximum absolute atomic E-state index is 12.0. The maximum Gasteiger partial charge on any atom is 0.315 e. The van der Waals surface area contributed by atoms with E-state index >= 15 is 0 Å². The second-order valence-electron chi connectivity index (χ2n) is 6.55. The molecule has 0 aromatic heterocycles. The van der Waals surface area contributed by atoms with Crippen LogP contribution in [-0.2, 0) is 4.79 Å². The Hall–Kier alpha value is -2.04. The first kappa shape index (κ1) is 17.3. The molecule has 0 bridgehead atoms. The van der Waals surface area contributed by atoms with Crippen LogP contribution in [0.4, 0.5) is 4.79 Å². The van der Waals surface area contributed by atoms with Crippen molar-refractivity contribution in [2.75, 3.05) is 6.54 Å². The summed E-state index contributed by atoms with van der Waals surface area (Å²) < 4.78 is 0. The Morgan fingerprint density at radius 3 is 2.35 bits per heavy atom. The molecule has 1 atom stereocenters. The number of carboxylic acids is 1. The highest BCUT2D eigenvalue weighted by molar-refractivity contribution is 5.74. The summed E-state index contributed by atoms with van der Waals surface area (Å²) in [5, 5.41) is 14.8. The summed E-state index contributed by atoms with van der Waals surface area (Å²) in [5.41, 5.74) is 2.43. The van der Waals surface area contributed by atoms with Gasteiger partial charge in [-0.05, 0) is 44.1 Å². The van der Waals surface area contributed by atoms with Crippen molar-refractivity contribution >= 4 is 12.0 Å². The zero-order valence-corrected chi connectivity index (χ0v) is 13.8. The fourth-order valence-electron chi connectivity index (χ4n) is 2.98. The lowest BCUT2D eigenvalue weighted by Crippen LogP contribution is -2.45. The molecule has 0 heterocycles. The summed E-state index contributed by atoms with van der Waals surface area (Å²) in [5.74, 6) is -0.721. The average Bonchev–Trinajstić information content (AvgIpc) is 2.54. The minimum atomic E-state index is -0.722. The molecule has 1 aliphatic carbocycles. The second-order valence-corrected chi connectivity index (χ2v) is 6.55. The first-order valence-corrected chi connectivity index (χ1v) is 8.29. The van der Waals surface area contributed by atoms with E-state index in [2.05, 4.69) is 48.7 Å². The number of benzene rings is 1. The minimum absolute atomic E-state index is 0.0836. The highest BCUT2D eigenvalue weighted by atomic mass is 16.4. The molecule has 1 aromatic rings. The first-order chi connectivity index (χ1) is 11.0. The molecule has 1 aromatic carbocycles. The van der Waals surface area contributed by atoms with Gasteiger partial charge in [0.25, 0.3) is 0 Å². The van der Waals surface area contributed by atoms with Crippen LogP contribution in [0.1, 0.15) is 49.7 Å². The number of nitrogens with one attached hydrogen (secondary N) is 2. The molecule has 0 radical (unpaired) electrons. The minimum Gasteiger partial charge on any atom is -0.481 e. The molecule has 2 rings (SSSR count). The van der Waals surface area contributed by atoms with Gasteiger partial charge < -0.3 is 15.7 Å². The van der Waals surface area contributed by atoms with E-state index in [1.54, 1.807) is 0 Å². The van der Waals surface area contributed by atoms with Crippen LogP contribution in [0.2, 0.25) is 0 Å². The van der Waals surface area contributed by atoms with E-state index in [4.69, 9.17) is 5.11 Å². The third-order valence-corrected chi connectivity index (χ3v) is 4.63. The Bertz CT molecular complexity index is 534. The summed E-state index contributed by atoms with van der Waals surface area (Å²) in [6.45, 7) is 4.72. The summed E-state index contributed by atoms with van der Waals surface area (Å²) in [4.78, 5) is 22.9. The summed E-state index contributed by atoms with van der Waals surface area (Å²) >= 11 is 0. The molecule has 2 amide bonds. The lowest BCUT2D eigenvalue weighted by Gasteiger charge is -2.27. The molecule has 23 heavy (non-hydrogen) atoms. The van der Waals surface area contributed by atoms with Gasteiger partial charge in [-0.3, -0.25) is 4.79 Å². The van der Waals surface area contributed by atoms with Crippen molar-refractivity contribution in [3.05, 3.63) is 35.4 Å². The number of aryl methyl sites for hydroxylation is 1. The number of hydrogen-bond donors (Lipinski definition) is 3. The molecule has 1 fully saturated rings. The molecule has 126 valence electrons. The van der Waals surface area contributed by atoms with E-state index in [0.29, 0.717) is 19.4 Å². The van der Waals surface area contributed by atoms with E-state index in [9.17, 15) is 9.59 Å². The van der Waals surface area contributed by atoms with Crippen LogP contribution in [0.3, 0.4) is 0 Å². The van der Waals surface area contributed by atoms with Gasteiger partial charge in [0.1, 0.15) is 0 Å². The fourth-order valence-corrected chi connectivity index (χ4v) is 2.98. The zero-order valence-electron chi connectivity index (χ0n) is 13.8. The topological polar surface area (TPSA) is 78.4 Å². The Labute approximate surface area is 137 Å². The van der Waals surface area contributed by atoms with E-state index < -0.39 is 5.97 Å². The van der Waals surface area contributed by atoms with Crippen LogP contribution in [0.15, 0.2) is 24.3 Å². The van der Waals surface area contributed by atoms with Crippen molar-refractivity contribution in [3.8, 4) is 0 Å². The van der Waals surface area contributed by atoms with E-state index in [0.717, 1.165) is 12.8 Å². The standard InChI is InChI=1S/C18H26N2O3/c1-12-3-5-14(6-4-12)13(2)11-19-18(23)20-16-9-7-15(8-10-16)17(21)22/h3-6,13,15-16H,7-11H2,1-2H3,(H,21,22)(H2,19,20,23). The predicted octanol–water partition coefficient (Wildman–Crippen LogP) is 3.04. The SMILES string of the molecule is Cc1ccc(C(C)CNC(=O)NC2CCC(C(=O)O)CC2)cc1. The third-order valence-electron chi connectivity index (χ3n) is 4.63. The van der Waals surface area contributed by atoms with Gasteiger partial charge in [-0.15, -0.1) is 0 Å². The summed E-state index contributed by atoms with van der Waals surface area (Å²) in [6.07, 6.45) is 2.75. The van der Waals surface area contributed by atoms with Crippen molar-refractivity contribution in [1.82, 2.24) is 10.6 Å². The lowest BCUT2D eigenvalue weighted by molar-refractivity contribution is -0.142. The van der Waals surface area contributed by atoms with E-state index in [-0.39, 0.29) is 23.9 Å². The van der Waals surface area contributed by atoms with Crippen molar-refractivity contribution in [1.29, 1.82) is 0 Å². The molecule has 1 unspecified atom stereocenters. The van der Waals surface area contributed by atoms with Crippen LogP contribution >= 0.6 is 0 Å². The number of urea groups is 1. The van der Waals surface area contributed by atoms with Crippen LogP contribution in [0.5, 0.6) is 0 Å². The number of carbonyl (C=O) groups is 2. The lowest BCUT2D eigenvalue weighted by atomic mass is 9.86.